The average molecular weight is 633 g/mol. The maximum atomic E-state index is 6.22. The van der Waals surface area contributed by atoms with E-state index >= 15 is 0 Å². The molecule has 2 aliphatic heterocycles. The fraction of sp³-hybridized carbons (Fsp3) is 0.286. The number of ether oxygens (including phenoxy) is 2. The van der Waals surface area contributed by atoms with Crippen molar-refractivity contribution in [3.05, 3.63) is 108 Å². The van der Waals surface area contributed by atoms with Gasteiger partial charge in [-0.25, -0.2) is 9.98 Å². The quantitative estimate of drug-likeness (QED) is 0.181. The summed E-state index contributed by atoms with van der Waals surface area (Å²) < 4.78 is 12.4. The van der Waals surface area contributed by atoms with Gasteiger partial charge in [0, 0.05) is 23.5 Å². The third kappa shape index (κ3) is 4.68. The first-order chi connectivity index (χ1) is 22.7. The number of aliphatic imine (C=N–C) groups is 2. The molecule has 0 amide bonds. The highest BCUT2D eigenvalue weighted by atomic mass is 16.5. The van der Waals surface area contributed by atoms with Crippen molar-refractivity contribution in [1.29, 1.82) is 0 Å². The maximum absolute atomic E-state index is 6.22. The monoisotopic (exact) mass is 632 g/mol. The Morgan fingerprint density at radius 1 is 0.417 bits per heavy atom. The minimum Gasteiger partial charge on any atom is -0.469 e. The van der Waals surface area contributed by atoms with Crippen LogP contribution in [0.15, 0.2) is 107 Å². The third-order valence-corrected chi connectivity index (χ3v) is 10.9. The summed E-state index contributed by atoms with van der Waals surface area (Å²) in [7, 11) is 0. The van der Waals surface area contributed by atoms with Crippen LogP contribution in [0.25, 0.3) is 54.8 Å². The first-order valence-electron chi connectivity index (χ1n) is 16.6. The Balaban J connectivity index is 1.16. The van der Waals surface area contributed by atoms with Crippen LogP contribution < -0.4 is 0 Å². The van der Waals surface area contributed by atoms with Gasteiger partial charge in [-0.2, -0.15) is 0 Å². The van der Waals surface area contributed by atoms with Crippen LogP contribution in [0.2, 0.25) is 0 Å². The minimum absolute atomic E-state index is 0.305. The van der Waals surface area contributed by atoms with Crippen molar-refractivity contribution in [3.8, 4) is 22.5 Å². The predicted molar refractivity (Wildman–Crippen MR) is 197 cm³/mol. The van der Waals surface area contributed by atoms with Gasteiger partial charge < -0.3 is 9.47 Å². The van der Waals surface area contributed by atoms with Crippen molar-refractivity contribution in [1.82, 2.24) is 9.97 Å². The van der Waals surface area contributed by atoms with E-state index in [0.29, 0.717) is 11.8 Å². The lowest BCUT2D eigenvalue weighted by molar-refractivity contribution is 0.0618. The Labute approximate surface area is 281 Å². The summed E-state index contributed by atoms with van der Waals surface area (Å²) in [5, 5.41) is 7.23. The number of fused-ring (bicyclic) bond motifs is 6. The summed E-state index contributed by atoms with van der Waals surface area (Å²) >= 11 is 0. The zero-order chi connectivity index (χ0) is 33.6. The van der Waals surface area contributed by atoms with Crippen molar-refractivity contribution < 1.29 is 9.47 Å². The smallest absolute Gasteiger partial charge is 0.218 e. The van der Waals surface area contributed by atoms with Crippen LogP contribution in [0.1, 0.15) is 66.5 Å². The maximum Gasteiger partial charge on any atom is 0.218 e. The molecule has 2 aromatic heterocycles. The van der Waals surface area contributed by atoms with Crippen molar-refractivity contribution in [2.45, 2.75) is 77.7 Å². The molecule has 2 aliphatic rings. The van der Waals surface area contributed by atoms with Gasteiger partial charge in [0.1, 0.15) is 11.2 Å². The lowest BCUT2D eigenvalue weighted by atomic mass is 9.87. The summed E-state index contributed by atoms with van der Waals surface area (Å²) in [6, 6.07) is 30.2. The van der Waals surface area contributed by atoms with Gasteiger partial charge in [0.25, 0.3) is 0 Å². The lowest BCUT2D eigenvalue weighted by Gasteiger charge is -2.30. The molecule has 0 saturated heterocycles. The van der Waals surface area contributed by atoms with Crippen LogP contribution in [0.4, 0.5) is 0 Å². The molecule has 0 radical (unpaired) electrons. The first kappa shape index (κ1) is 30.2. The van der Waals surface area contributed by atoms with Gasteiger partial charge in [0.05, 0.1) is 33.6 Å². The summed E-state index contributed by atoms with van der Waals surface area (Å²) in [4.78, 5) is 19.4. The van der Waals surface area contributed by atoms with Crippen molar-refractivity contribution in [3.63, 3.8) is 0 Å². The van der Waals surface area contributed by atoms with Gasteiger partial charge in [-0.05, 0) is 124 Å². The van der Waals surface area contributed by atoms with Crippen LogP contribution in [-0.2, 0) is 9.47 Å². The van der Waals surface area contributed by atoms with Crippen molar-refractivity contribution >= 4 is 44.1 Å². The zero-order valence-electron chi connectivity index (χ0n) is 28.8. The number of nitrogens with zero attached hydrogens (tertiary/aromatic N) is 4. The minimum atomic E-state index is -0.374. The molecule has 0 bridgehead atoms. The normalized spacial score (nSPS) is 18.8. The SMILES string of the molecule is CC1(C)N=C(c2ccc(-c3ccc4c5ccc(-c6ccc(C7=NC(C)(C)C(C)(C)O7)cn6)cc5c5ccccc5c4c3)nc2)OC1(C)C. The van der Waals surface area contributed by atoms with Gasteiger partial charge in [-0.3, -0.25) is 9.97 Å². The number of benzene rings is 4. The second kappa shape index (κ2) is 10.2. The molecule has 6 heteroatoms. The molecular formula is C42H40N4O2. The highest BCUT2D eigenvalue weighted by Gasteiger charge is 2.46. The molecule has 4 heterocycles. The molecule has 0 spiro atoms. The van der Waals surface area contributed by atoms with E-state index in [9.17, 15) is 0 Å². The molecule has 0 unspecified atom stereocenters. The topological polar surface area (TPSA) is 69.0 Å². The Bertz CT molecular complexity index is 2140. The highest BCUT2D eigenvalue weighted by Crippen LogP contribution is 2.40. The standard InChI is InChI=1S/C42H40N4O2/c1-39(2)41(5,6)47-37(45-39)27-15-19-35(43-23-27)25-13-17-31-32-18-14-26(22-34(32)30-12-10-9-11-29(30)33(31)21-25)36-20-16-28(24-44-36)38-46-40(3,4)42(7,8)48-38/h9-24H,1-8H3. The van der Waals surface area contributed by atoms with E-state index in [2.05, 4.69) is 140 Å². The fourth-order valence-electron chi connectivity index (χ4n) is 6.46. The van der Waals surface area contributed by atoms with E-state index in [0.717, 1.165) is 33.6 Å². The van der Waals surface area contributed by atoms with Crippen molar-refractivity contribution in [2.24, 2.45) is 9.98 Å². The number of aromatic nitrogens is 2. The van der Waals surface area contributed by atoms with Crippen LogP contribution in [0, 0.1) is 0 Å². The Kier molecular flexibility index (Phi) is 6.43. The van der Waals surface area contributed by atoms with E-state index in [1.165, 1.54) is 32.3 Å². The van der Waals surface area contributed by atoms with Gasteiger partial charge >= 0.3 is 0 Å². The van der Waals surface area contributed by atoms with Crippen molar-refractivity contribution in [2.75, 3.05) is 0 Å². The Morgan fingerprint density at radius 3 is 1.12 bits per heavy atom. The van der Waals surface area contributed by atoms with Gasteiger partial charge in [0.15, 0.2) is 0 Å². The molecule has 0 saturated carbocycles. The van der Waals surface area contributed by atoms with E-state index < -0.39 is 0 Å². The van der Waals surface area contributed by atoms with E-state index in [4.69, 9.17) is 29.4 Å². The fourth-order valence-corrected chi connectivity index (χ4v) is 6.46. The highest BCUT2D eigenvalue weighted by molar-refractivity contribution is 6.26. The second-order valence-corrected chi connectivity index (χ2v) is 15.1. The number of hydrogen-bond donors (Lipinski definition) is 0. The summed E-state index contributed by atoms with van der Waals surface area (Å²) in [5.41, 5.74) is 4.38. The largest absolute Gasteiger partial charge is 0.469 e. The summed E-state index contributed by atoms with van der Waals surface area (Å²) in [6.07, 6.45) is 3.73. The van der Waals surface area contributed by atoms with Crippen LogP contribution in [0.5, 0.6) is 0 Å². The van der Waals surface area contributed by atoms with Crippen LogP contribution in [0.3, 0.4) is 0 Å². The van der Waals surface area contributed by atoms with Crippen LogP contribution >= 0.6 is 0 Å². The molecule has 8 rings (SSSR count). The molecule has 4 aromatic carbocycles. The van der Waals surface area contributed by atoms with E-state index in [1.807, 2.05) is 12.4 Å². The van der Waals surface area contributed by atoms with Gasteiger partial charge in [0.2, 0.25) is 11.8 Å². The molecule has 0 aliphatic carbocycles. The average Bonchev–Trinajstić information content (AvgIpc) is 3.43. The molecular weight excluding hydrogens is 592 g/mol. The van der Waals surface area contributed by atoms with Gasteiger partial charge in [-0.15, -0.1) is 0 Å². The first-order valence-corrected chi connectivity index (χ1v) is 16.6. The Hall–Kier alpha value is -5.10. The lowest BCUT2D eigenvalue weighted by Crippen LogP contribution is -2.41. The molecule has 0 fully saturated rings. The van der Waals surface area contributed by atoms with E-state index in [-0.39, 0.29) is 22.3 Å². The molecule has 0 atom stereocenters. The second-order valence-electron chi connectivity index (χ2n) is 15.1. The summed E-state index contributed by atoms with van der Waals surface area (Å²) in [5.74, 6) is 1.30. The van der Waals surface area contributed by atoms with Gasteiger partial charge in [-0.1, -0.05) is 48.5 Å². The number of pyridine rings is 2. The Morgan fingerprint density at radius 2 is 0.792 bits per heavy atom. The zero-order valence-corrected chi connectivity index (χ0v) is 28.8. The molecule has 240 valence electrons. The molecule has 0 N–H and O–H groups in total. The number of hydrogen-bond acceptors (Lipinski definition) is 6. The molecule has 6 nitrogen and oxygen atoms in total. The number of rotatable bonds is 4. The summed E-state index contributed by atoms with van der Waals surface area (Å²) in [6.45, 7) is 16.7. The van der Waals surface area contributed by atoms with E-state index in [1.54, 1.807) is 0 Å². The molecule has 48 heavy (non-hydrogen) atoms. The third-order valence-electron chi connectivity index (χ3n) is 10.9. The molecule has 6 aromatic rings. The van der Waals surface area contributed by atoms with Crippen LogP contribution in [-0.4, -0.2) is 44.0 Å². The predicted octanol–water partition coefficient (Wildman–Crippen LogP) is 9.94.